The molecule has 1 heterocycles. The van der Waals surface area contributed by atoms with E-state index in [-0.39, 0.29) is 11.2 Å². The SMILES string of the molecule is CC1(C)OB(c2cccc(OCCOCCOCCOCCOCCOCCCCCCCl)c2)OC1(C)C. The Hall–Kier alpha value is -0.905. The maximum Gasteiger partial charge on any atom is 0.494 e. The lowest BCUT2D eigenvalue weighted by Crippen LogP contribution is -2.41. The van der Waals surface area contributed by atoms with Crippen molar-refractivity contribution in [2.45, 2.75) is 64.6 Å². The van der Waals surface area contributed by atoms with E-state index in [9.17, 15) is 0 Å². The topological polar surface area (TPSA) is 73.8 Å². The molecule has 0 aliphatic carbocycles. The highest BCUT2D eigenvalue weighted by Gasteiger charge is 2.51. The zero-order valence-electron chi connectivity index (χ0n) is 23.8. The minimum atomic E-state index is -0.403. The molecule has 0 spiro atoms. The van der Waals surface area contributed by atoms with Gasteiger partial charge in [0.2, 0.25) is 0 Å². The molecule has 1 aliphatic rings. The fraction of sp³-hybridized carbons (Fsp3) is 0.786. The van der Waals surface area contributed by atoms with E-state index in [2.05, 4.69) is 0 Å². The smallest absolute Gasteiger partial charge is 0.491 e. The molecule has 0 saturated carbocycles. The van der Waals surface area contributed by atoms with Crippen LogP contribution in [0.3, 0.4) is 0 Å². The van der Waals surface area contributed by atoms with Gasteiger partial charge in [-0.2, -0.15) is 0 Å². The summed E-state index contributed by atoms with van der Waals surface area (Å²) in [6.45, 7) is 14.3. The molecule has 0 amide bonds. The van der Waals surface area contributed by atoms with Gasteiger partial charge in [0.15, 0.2) is 0 Å². The van der Waals surface area contributed by atoms with Crippen LogP contribution < -0.4 is 10.2 Å². The third kappa shape index (κ3) is 13.4. The van der Waals surface area contributed by atoms with Crippen LogP contribution in [0.4, 0.5) is 0 Å². The largest absolute Gasteiger partial charge is 0.494 e. The quantitative estimate of drug-likeness (QED) is 0.112. The van der Waals surface area contributed by atoms with Gasteiger partial charge in [-0.15, -0.1) is 11.6 Å². The van der Waals surface area contributed by atoms with Crippen LogP contribution in [0.25, 0.3) is 0 Å². The van der Waals surface area contributed by atoms with Gasteiger partial charge in [0.05, 0.1) is 70.7 Å². The standard InChI is InChI=1S/C28H48BClO8/c1-27(2)28(3,4)38-29(37-27)25-10-9-11-26(24-25)36-23-22-35-21-20-34-19-18-33-17-16-32-15-14-31-13-8-6-5-7-12-30/h9-11,24H,5-8,12-23H2,1-4H3. The number of halogens is 1. The molecule has 10 heteroatoms. The highest BCUT2D eigenvalue weighted by atomic mass is 35.5. The Labute approximate surface area is 235 Å². The average molecular weight is 559 g/mol. The third-order valence-corrected chi connectivity index (χ3v) is 6.81. The van der Waals surface area contributed by atoms with Crippen molar-refractivity contribution in [1.82, 2.24) is 0 Å². The van der Waals surface area contributed by atoms with E-state index in [1.54, 1.807) is 0 Å². The number of ether oxygens (including phenoxy) is 6. The first-order chi connectivity index (χ1) is 18.4. The highest BCUT2D eigenvalue weighted by molar-refractivity contribution is 6.62. The summed E-state index contributed by atoms with van der Waals surface area (Å²) in [6, 6.07) is 7.81. The van der Waals surface area contributed by atoms with Crippen molar-refractivity contribution in [2.24, 2.45) is 0 Å². The summed E-state index contributed by atoms with van der Waals surface area (Å²) in [4.78, 5) is 0. The number of alkyl halides is 1. The Bertz CT molecular complexity index is 721. The molecule has 1 saturated heterocycles. The van der Waals surface area contributed by atoms with Gasteiger partial charge in [0, 0.05) is 12.5 Å². The van der Waals surface area contributed by atoms with E-state index >= 15 is 0 Å². The lowest BCUT2D eigenvalue weighted by atomic mass is 9.79. The Morgan fingerprint density at radius 1 is 0.632 bits per heavy atom. The fourth-order valence-electron chi connectivity index (χ4n) is 3.58. The first kappa shape index (κ1) is 33.3. The molecule has 0 bridgehead atoms. The van der Waals surface area contributed by atoms with Crippen molar-refractivity contribution in [2.75, 3.05) is 78.6 Å². The van der Waals surface area contributed by atoms with Gasteiger partial charge >= 0.3 is 7.12 Å². The van der Waals surface area contributed by atoms with Crippen molar-refractivity contribution < 1.29 is 37.7 Å². The van der Waals surface area contributed by atoms with Crippen LogP contribution in [-0.4, -0.2) is 96.9 Å². The summed E-state index contributed by atoms with van der Waals surface area (Å²) in [5.41, 5.74) is 0.202. The number of rotatable bonds is 23. The van der Waals surface area contributed by atoms with Crippen molar-refractivity contribution in [3.05, 3.63) is 24.3 Å². The van der Waals surface area contributed by atoms with Crippen molar-refractivity contribution >= 4 is 24.2 Å². The molecular weight excluding hydrogens is 511 g/mol. The predicted molar refractivity (Wildman–Crippen MR) is 151 cm³/mol. The van der Waals surface area contributed by atoms with Crippen LogP contribution in [0, 0.1) is 0 Å². The number of hydrogen-bond donors (Lipinski definition) is 0. The van der Waals surface area contributed by atoms with Gasteiger partial charge in [-0.1, -0.05) is 25.0 Å². The third-order valence-electron chi connectivity index (χ3n) is 6.54. The van der Waals surface area contributed by atoms with Gasteiger partial charge in [0.25, 0.3) is 0 Å². The van der Waals surface area contributed by atoms with E-state index in [1.807, 2.05) is 52.0 Å². The van der Waals surface area contributed by atoms with Crippen LogP contribution in [0.5, 0.6) is 5.75 Å². The molecule has 1 aliphatic heterocycles. The van der Waals surface area contributed by atoms with E-state index < -0.39 is 7.12 Å². The van der Waals surface area contributed by atoms with Crippen LogP contribution in [0.15, 0.2) is 24.3 Å². The summed E-state index contributed by atoms with van der Waals surface area (Å²) in [6.07, 6.45) is 4.51. The molecular formula is C28H48BClO8. The number of unbranched alkanes of at least 4 members (excludes halogenated alkanes) is 3. The first-order valence-corrected chi connectivity index (χ1v) is 14.4. The second-order valence-electron chi connectivity index (χ2n) is 10.2. The molecule has 2 rings (SSSR count). The zero-order valence-corrected chi connectivity index (χ0v) is 24.6. The monoisotopic (exact) mass is 558 g/mol. The normalized spacial score (nSPS) is 16.3. The second-order valence-corrected chi connectivity index (χ2v) is 10.6. The van der Waals surface area contributed by atoms with Gasteiger partial charge in [-0.25, -0.2) is 0 Å². The summed E-state index contributed by atoms with van der Waals surface area (Å²) in [7, 11) is -0.403. The molecule has 0 N–H and O–H groups in total. The fourth-order valence-corrected chi connectivity index (χ4v) is 3.77. The van der Waals surface area contributed by atoms with Crippen molar-refractivity contribution in [3.63, 3.8) is 0 Å². The van der Waals surface area contributed by atoms with Crippen molar-refractivity contribution in [3.8, 4) is 5.75 Å². The Morgan fingerprint density at radius 3 is 1.63 bits per heavy atom. The van der Waals surface area contributed by atoms with Crippen LogP contribution in [-0.2, 0) is 33.0 Å². The van der Waals surface area contributed by atoms with Gasteiger partial charge < -0.3 is 37.7 Å². The summed E-state index contributed by atoms with van der Waals surface area (Å²) in [5, 5.41) is 0. The first-order valence-electron chi connectivity index (χ1n) is 13.9. The van der Waals surface area contributed by atoms with Gasteiger partial charge in [-0.05, 0) is 58.1 Å². The summed E-state index contributed by atoms with van der Waals surface area (Å²) in [5.74, 6) is 1.51. The average Bonchev–Trinajstić information content (AvgIpc) is 3.11. The van der Waals surface area contributed by atoms with Gasteiger partial charge in [-0.3, -0.25) is 0 Å². The Balaban J connectivity index is 1.36. The molecule has 38 heavy (non-hydrogen) atoms. The predicted octanol–water partition coefficient (Wildman–Crippen LogP) is 4.25. The molecule has 218 valence electrons. The molecule has 1 aromatic rings. The molecule has 0 atom stereocenters. The van der Waals surface area contributed by atoms with E-state index in [4.69, 9.17) is 49.3 Å². The van der Waals surface area contributed by atoms with Crippen LogP contribution in [0.2, 0.25) is 0 Å². The van der Waals surface area contributed by atoms with Crippen LogP contribution in [0.1, 0.15) is 53.4 Å². The molecule has 8 nitrogen and oxygen atoms in total. The Morgan fingerprint density at radius 2 is 1.11 bits per heavy atom. The molecule has 0 aromatic heterocycles. The second kappa shape index (κ2) is 19.2. The maximum atomic E-state index is 6.12. The van der Waals surface area contributed by atoms with Crippen molar-refractivity contribution in [1.29, 1.82) is 0 Å². The van der Waals surface area contributed by atoms with E-state index in [0.29, 0.717) is 66.1 Å². The Kier molecular flexibility index (Phi) is 16.8. The minimum Gasteiger partial charge on any atom is -0.491 e. The minimum absolute atomic E-state index is 0.370. The van der Waals surface area contributed by atoms with E-state index in [1.165, 1.54) is 12.8 Å². The lowest BCUT2D eigenvalue weighted by Gasteiger charge is -2.32. The summed E-state index contributed by atoms with van der Waals surface area (Å²) < 4.78 is 45.7. The molecule has 0 unspecified atom stereocenters. The highest BCUT2D eigenvalue weighted by Crippen LogP contribution is 2.36. The van der Waals surface area contributed by atoms with Gasteiger partial charge in [0.1, 0.15) is 12.4 Å². The molecule has 1 aromatic carbocycles. The zero-order chi connectivity index (χ0) is 27.5. The number of benzene rings is 1. The molecule has 1 fully saturated rings. The lowest BCUT2D eigenvalue weighted by molar-refractivity contribution is -0.0128. The maximum absolute atomic E-state index is 6.12. The summed E-state index contributed by atoms with van der Waals surface area (Å²) >= 11 is 5.65. The molecule has 0 radical (unpaired) electrons. The number of hydrogen-bond acceptors (Lipinski definition) is 8. The van der Waals surface area contributed by atoms with Crippen LogP contribution >= 0.6 is 11.6 Å². The van der Waals surface area contributed by atoms with E-state index in [0.717, 1.165) is 36.5 Å².